The summed E-state index contributed by atoms with van der Waals surface area (Å²) in [5, 5.41) is 4.31. The number of piperidine rings is 1. The largest absolute Gasteiger partial charge is 0.467 e. The van der Waals surface area contributed by atoms with Crippen molar-refractivity contribution in [3.8, 4) is 11.5 Å². The van der Waals surface area contributed by atoms with Gasteiger partial charge in [0.05, 0.1) is 5.71 Å². The number of esters is 2. The van der Waals surface area contributed by atoms with E-state index in [2.05, 4.69) is 5.16 Å². The van der Waals surface area contributed by atoms with Crippen LogP contribution in [0.5, 0.6) is 11.5 Å². The van der Waals surface area contributed by atoms with Crippen LogP contribution in [0.4, 0.5) is 0 Å². The molecule has 12 nitrogen and oxygen atoms in total. The molecule has 3 rings (SSSR count). The zero-order valence-electron chi connectivity index (χ0n) is 27.5. The number of cyclic esters (lactones) is 1. The summed E-state index contributed by atoms with van der Waals surface area (Å²) in [6, 6.07) is 3.30. The fraction of sp³-hybridized carbons (Fsp3) is 0.588. The Kier molecular flexibility index (Phi) is 16.1. The van der Waals surface area contributed by atoms with Crippen molar-refractivity contribution in [2.45, 2.75) is 84.8 Å². The molecule has 254 valence electrons. The first-order chi connectivity index (χ1) is 22.3. The first kappa shape index (κ1) is 36.6. The van der Waals surface area contributed by atoms with E-state index in [1.165, 1.54) is 0 Å². The van der Waals surface area contributed by atoms with E-state index in [-0.39, 0.29) is 56.2 Å². The van der Waals surface area contributed by atoms with Gasteiger partial charge < -0.3 is 38.2 Å². The molecule has 2 atom stereocenters. The van der Waals surface area contributed by atoms with Crippen LogP contribution in [0.15, 0.2) is 41.6 Å². The smallest absolute Gasteiger partial charge is 0.342 e. The van der Waals surface area contributed by atoms with Crippen LogP contribution in [0, 0.1) is 0 Å². The molecule has 12 heteroatoms. The number of carbonyl (C=O) groups is 3. The van der Waals surface area contributed by atoms with Crippen LogP contribution >= 0.6 is 0 Å². The first-order valence-corrected chi connectivity index (χ1v) is 16.1. The van der Waals surface area contributed by atoms with Crippen LogP contribution in [0.3, 0.4) is 0 Å². The molecule has 0 radical (unpaired) electrons. The zero-order chi connectivity index (χ0) is 33.1. The van der Waals surface area contributed by atoms with Gasteiger partial charge in [-0.15, -0.1) is 0 Å². The number of rotatable bonds is 13. The van der Waals surface area contributed by atoms with Crippen molar-refractivity contribution < 1.29 is 47.6 Å². The van der Waals surface area contributed by atoms with Gasteiger partial charge in [0.15, 0.2) is 20.2 Å². The van der Waals surface area contributed by atoms with Crippen LogP contribution in [-0.4, -0.2) is 87.2 Å². The lowest BCUT2D eigenvalue weighted by Gasteiger charge is -2.26. The van der Waals surface area contributed by atoms with E-state index >= 15 is 0 Å². The maximum absolute atomic E-state index is 13.7. The Morgan fingerprint density at radius 2 is 1.72 bits per heavy atom. The maximum Gasteiger partial charge on any atom is 0.342 e. The molecule has 2 aliphatic rings. The number of allylic oxidation sites excluding steroid dienone is 1. The number of hydrogen-bond acceptors (Lipinski definition) is 11. The molecule has 2 aliphatic heterocycles. The molecule has 0 aliphatic carbocycles. The highest BCUT2D eigenvalue weighted by molar-refractivity contribution is 6.00. The van der Waals surface area contributed by atoms with E-state index in [0.29, 0.717) is 56.2 Å². The Morgan fingerprint density at radius 3 is 2.43 bits per heavy atom. The number of fused-ring (bicyclic) bond motifs is 1. The van der Waals surface area contributed by atoms with Gasteiger partial charge in [-0.05, 0) is 63.8 Å². The number of oxime groups is 1. The number of amides is 1. The van der Waals surface area contributed by atoms with Gasteiger partial charge in [0.1, 0.15) is 29.3 Å². The van der Waals surface area contributed by atoms with Crippen molar-refractivity contribution in [1.29, 1.82) is 0 Å². The van der Waals surface area contributed by atoms with Crippen molar-refractivity contribution in [3.05, 3.63) is 47.6 Å². The lowest BCUT2D eigenvalue weighted by molar-refractivity contribution is -0.146. The monoisotopic (exact) mass is 644 g/mol. The Labute approximate surface area is 271 Å². The molecule has 1 amide bonds. The van der Waals surface area contributed by atoms with Crippen LogP contribution in [0.1, 0.15) is 82.1 Å². The number of ether oxygens (including phenoxy) is 6. The van der Waals surface area contributed by atoms with E-state index in [1.54, 1.807) is 43.0 Å². The molecule has 0 unspecified atom stereocenters. The Bertz CT molecular complexity index is 1220. The second-order valence-electron chi connectivity index (χ2n) is 10.8. The van der Waals surface area contributed by atoms with Crippen molar-refractivity contribution in [2.24, 2.45) is 5.16 Å². The summed E-state index contributed by atoms with van der Waals surface area (Å²) in [5.41, 5.74) is 1.10. The van der Waals surface area contributed by atoms with Crippen molar-refractivity contribution in [3.63, 3.8) is 0 Å². The SMILES string of the molecule is CCOCOc1cc2c(c(OCOCC)c1)C(=O)O[C@H](C)C/C=C/[C@@H](OC(=O)CC)C/C=C/C(=NOCC(=O)N1CCCCC1)C2. The summed E-state index contributed by atoms with van der Waals surface area (Å²) in [5.74, 6) is -0.450. The third kappa shape index (κ3) is 12.5. The lowest BCUT2D eigenvalue weighted by atomic mass is 9.99. The molecule has 0 N–H and O–H groups in total. The molecule has 0 bridgehead atoms. The number of hydrogen-bond donors (Lipinski definition) is 0. The highest BCUT2D eigenvalue weighted by Gasteiger charge is 2.25. The van der Waals surface area contributed by atoms with Crippen LogP contribution in [0.25, 0.3) is 0 Å². The van der Waals surface area contributed by atoms with Crippen molar-refractivity contribution >= 4 is 23.6 Å². The van der Waals surface area contributed by atoms with Gasteiger partial charge in [-0.2, -0.15) is 0 Å². The van der Waals surface area contributed by atoms with Gasteiger partial charge in [-0.1, -0.05) is 24.2 Å². The summed E-state index contributed by atoms with van der Waals surface area (Å²) in [7, 11) is 0. The molecule has 1 aromatic carbocycles. The summed E-state index contributed by atoms with van der Waals surface area (Å²) in [6.07, 6.45) is 10.3. The molecule has 1 fully saturated rings. The summed E-state index contributed by atoms with van der Waals surface area (Å²) in [4.78, 5) is 45.9. The number of likely N-dealkylation sites (tertiary alicyclic amines) is 1. The predicted molar refractivity (Wildman–Crippen MR) is 171 cm³/mol. The normalized spacial score (nSPS) is 21.3. The van der Waals surface area contributed by atoms with Gasteiger partial charge in [-0.3, -0.25) is 9.59 Å². The Morgan fingerprint density at radius 1 is 0.978 bits per heavy atom. The summed E-state index contributed by atoms with van der Waals surface area (Å²) in [6.45, 7) is 9.16. The van der Waals surface area contributed by atoms with Gasteiger partial charge >= 0.3 is 11.9 Å². The Hall–Kier alpha value is -3.90. The second-order valence-corrected chi connectivity index (χ2v) is 10.8. The highest BCUT2D eigenvalue weighted by Crippen LogP contribution is 2.32. The molecular formula is C34H48N2O10. The molecule has 2 heterocycles. The summed E-state index contributed by atoms with van der Waals surface area (Å²) >= 11 is 0. The second kappa shape index (κ2) is 20.3. The number of carbonyl (C=O) groups excluding carboxylic acids is 3. The molecule has 0 aromatic heterocycles. The van der Waals surface area contributed by atoms with Crippen molar-refractivity contribution in [2.75, 3.05) is 46.5 Å². The third-order valence-corrected chi connectivity index (χ3v) is 7.20. The van der Waals surface area contributed by atoms with Crippen molar-refractivity contribution in [1.82, 2.24) is 4.90 Å². The minimum absolute atomic E-state index is 0.00551. The van der Waals surface area contributed by atoms with E-state index in [4.69, 9.17) is 33.3 Å². The molecule has 1 saturated heterocycles. The minimum atomic E-state index is -0.602. The Balaban J connectivity index is 2.02. The topological polar surface area (TPSA) is 131 Å². The van der Waals surface area contributed by atoms with Gasteiger partial charge in [0.2, 0.25) is 0 Å². The van der Waals surface area contributed by atoms with E-state index in [0.717, 1.165) is 19.3 Å². The fourth-order valence-corrected chi connectivity index (χ4v) is 4.78. The average molecular weight is 645 g/mol. The molecule has 0 spiro atoms. The van der Waals surface area contributed by atoms with Crippen LogP contribution < -0.4 is 9.47 Å². The quantitative estimate of drug-likeness (QED) is 0.0936. The average Bonchev–Trinajstić information content (AvgIpc) is 3.04. The van der Waals surface area contributed by atoms with E-state index in [1.807, 2.05) is 26.0 Å². The van der Waals surface area contributed by atoms with Gasteiger partial charge in [-0.25, -0.2) is 4.79 Å². The van der Waals surface area contributed by atoms with Crippen LogP contribution in [-0.2, 0) is 39.8 Å². The van der Waals surface area contributed by atoms with E-state index in [9.17, 15) is 14.4 Å². The molecular weight excluding hydrogens is 596 g/mol. The van der Waals surface area contributed by atoms with Crippen LogP contribution in [0.2, 0.25) is 0 Å². The fourth-order valence-electron chi connectivity index (χ4n) is 4.78. The number of benzene rings is 1. The predicted octanol–water partition coefficient (Wildman–Crippen LogP) is 5.13. The van der Waals surface area contributed by atoms with E-state index < -0.39 is 18.2 Å². The minimum Gasteiger partial charge on any atom is -0.467 e. The molecule has 46 heavy (non-hydrogen) atoms. The molecule has 0 saturated carbocycles. The molecule has 1 aromatic rings. The lowest BCUT2D eigenvalue weighted by Crippen LogP contribution is -2.37. The third-order valence-electron chi connectivity index (χ3n) is 7.20. The standard InChI is InChI=1S/C34H48N2O10/c1-5-32(38)46-28-15-11-13-25(4)45-34(39)33-26(20-29(42-23-40-6-2)21-30(33)43-24-41-7-3)19-27(14-12-16-28)35-44-22-31(37)36-17-9-8-10-18-36/h11-12,14-15,20-21,25,28H,5-10,13,16-19,22-24H2,1-4H3/b14-12+,15-11+,35-27?/t25-,28-/m1/s1. The van der Waals surface area contributed by atoms with Gasteiger partial charge in [0.25, 0.3) is 5.91 Å². The summed E-state index contributed by atoms with van der Waals surface area (Å²) < 4.78 is 33.9. The van der Waals surface area contributed by atoms with Gasteiger partial charge in [0, 0.05) is 58.1 Å². The first-order valence-electron chi connectivity index (χ1n) is 16.1. The highest BCUT2D eigenvalue weighted by atomic mass is 16.7. The maximum atomic E-state index is 13.7. The zero-order valence-corrected chi connectivity index (χ0v) is 27.5. The number of nitrogens with zero attached hydrogens (tertiary/aromatic N) is 2.